The zero-order valence-electron chi connectivity index (χ0n) is 22.2. The number of halogens is 2. The summed E-state index contributed by atoms with van der Waals surface area (Å²) < 4.78 is 16.6. The van der Waals surface area contributed by atoms with Gasteiger partial charge >= 0.3 is 0 Å². The van der Waals surface area contributed by atoms with E-state index in [4.69, 9.17) is 37.4 Å². The molecule has 1 aliphatic rings. The lowest BCUT2D eigenvalue weighted by Gasteiger charge is -2.25. The molecular formula is C31H24Cl2N2O6. The predicted octanol–water partition coefficient (Wildman–Crippen LogP) is 7.13. The van der Waals surface area contributed by atoms with Crippen LogP contribution in [0.4, 0.5) is 5.69 Å². The van der Waals surface area contributed by atoms with Gasteiger partial charge in [-0.15, -0.1) is 0 Å². The van der Waals surface area contributed by atoms with Gasteiger partial charge in [0, 0.05) is 18.1 Å². The fraction of sp³-hybridized carbons (Fsp3) is 0.129. The second-order valence-corrected chi connectivity index (χ2v) is 9.94. The van der Waals surface area contributed by atoms with Crippen molar-refractivity contribution in [1.82, 2.24) is 4.98 Å². The number of aliphatic hydroxyl groups excluding tert-OH is 1. The van der Waals surface area contributed by atoms with Gasteiger partial charge in [0.25, 0.3) is 11.7 Å². The normalized spacial score (nSPS) is 16.1. The highest BCUT2D eigenvalue weighted by atomic mass is 35.5. The molecule has 1 N–H and O–H groups in total. The number of ether oxygens (including phenoxy) is 3. The number of rotatable bonds is 7. The lowest BCUT2D eigenvalue weighted by atomic mass is 9.95. The van der Waals surface area contributed by atoms with Crippen molar-refractivity contribution < 1.29 is 28.9 Å². The lowest BCUT2D eigenvalue weighted by Crippen LogP contribution is -2.29. The summed E-state index contributed by atoms with van der Waals surface area (Å²) in [6.45, 7) is 1.97. The molecule has 0 bridgehead atoms. The molecule has 1 saturated heterocycles. The molecule has 0 spiro atoms. The van der Waals surface area contributed by atoms with E-state index in [1.807, 2.05) is 31.2 Å². The molecule has 208 valence electrons. The first-order valence-corrected chi connectivity index (χ1v) is 13.2. The third-order valence-corrected chi connectivity index (χ3v) is 7.20. The zero-order chi connectivity index (χ0) is 29.3. The van der Waals surface area contributed by atoms with Crippen molar-refractivity contribution in [1.29, 1.82) is 0 Å². The Morgan fingerprint density at radius 3 is 2.29 bits per heavy atom. The number of methoxy groups -OCH3 is 2. The van der Waals surface area contributed by atoms with Gasteiger partial charge in [0.2, 0.25) is 0 Å². The number of carbonyl (C=O) groups is 2. The highest BCUT2D eigenvalue weighted by Gasteiger charge is 2.47. The van der Waals surface area contributed by atoms with Crippen LogP contribution in [0.1, 0.15) is 22.7 Å². The van der Waals surface area contributed by atoms with Crippen LogP contribution in [-0.4, -0.2) is 36.0 Å². The van der Waals surface area contributed by atoms with Gasteiger partial charge in [-0.05, 0) is 66.6 Å². The van der Waals surface area contributed by atoms with E-state index in [9.17, 15) is 14.7 Å². The quantitative estimate of drug-likeness (QED) is 0.139. The third kappa shape index (κ3) is 5.19. The van der Waals surface area contributed by atoms with Crippen LogP contribution in [0, 0.1) is 6.92 Å². The van der Waals surface area contributed by atoms with Crippen LogP contribution < -0.4 is 19.1 Å². The number of nitrogens with zero attached hydrogens (tertiary/aromatic N) is 2. The van der Waals surface area contributed by atoms with Crippen LogP contribution in [0.15, 0.2) is 84.7 Å². The summed E-state index contributed by atoms with van der Waals surface area (Å²) in [5, 5.41) is 11.6. The van der Waals surface area contributed by atoms with Crippen molar-refractivity contribution >= 4 is 46.3 Å². The van der Waals surface area contributed by atoms with E-state index in [0.717, 1.165) is 5.56 Å². The van der Waals surface area contributed by atoms with Crippen LogP contribution in [0.2, 0.25) is 10.0 Å². The minimum absolute atomic E-state index is 0.000375. The van der Waals surface area contributed by atoms with E-state index >= 15 is 0 Å². The average Bonchev–Trinajstić information content (AvgIpc) is 3.23. The molecule has 1 aliphatic heterocycles. The van der Waals surface area contributed by atoms with Crippen molar-refractivity contribution in [3.63, 3.8) is 0 Å². The summed E-state index contributed by atoms with van der Waals surface area (Å²) in [6, 6.07) is 18.1. The van der Waals surface area contributed by atoms with E-state index in [2.05, 4.69) is 4.98 Å². The molecule has 0 radical (unpaired) electrons. The van der Waals surface area contributed by atoms with Crippen LogP contribution in [0.25, 0.3) is 5.76 Å². The van der Waals surface area contributed by atoms with Crippen LogP contribution in [0.3, 0.4) is 0 Å². The summed E-state index contributed by atoms with van der Waals surface area (Å²) in [7, 11) is 2.74. The number of amides is 1. The summed E-state index contributed by atoms with van der Waals surface area (Å²) in [4.78, 5) is 32.5. The molecule has 5 rings (SSSR count). The Morgan fingerprint density at radius 2 is 1.66 bits per heavy atom. The van der Waals surface area contributed by atoms with Gasteiger partial charge in [-0.2, -0.15) is 0 Å². The highest BCUT2D eigenvalue weighted by molar-refractivity contribution is 6.52. The number of aromatic nitrogens is 1. The van der Waals surface area contributed by atoms with Gasteiger partial charge in [0.05, 0.1) is 36.4 Å². The van der Waals surface area contributed by atoms with Crippen molar-refractivity contribution in [2.45, 2.75) is 13.0 Å². The molecule has 1 atom stereocenters. The van der Waals surface area contributed by atoms with Gasteiger partial charge in [-0.1, -0.05) is 41.4 Å². The molecular weight excluding hydrogens is 567 g/mol. The molecule has 0 aliphatic carbocycles. The number of aliphatic hydroxyl groups is 1. The Kier molecular flexibility index (Phi) is 7.88. The molecule has 4 aromatic rings. The minimum Gasteiger partial charge on any atom is -0.507 e. The number of aryl methyl sites for hydroxylation is 1. The number of pyridine rings is 1. The van der Waals surface area contributed by atoms with Crippen molar-refractivity contribution in [2.75, 3.05) is 19.1 Å². The van der Waals surface area contributed by atoms with E-state index < -0.39 is 23.5 Å². The number of ketones is 1. The van der Waals surface area contributed by atoms with E-state index in [1.165, 1.54) is 31.4 Å². The Balaban J connectivity index is 1.62. The van der Waals surface area contributed by atoms with Crippen LogP contribution in [0.5, 0.6) is 23.0 Å². The summed E-state index contributed by atoms with van der Waals surface area (Å²) in [5.74, 6) is -0.875. The number of benzene rings is 3. The monoisotopic (exact) mass is 590 g/mol. The molecule has 1 amide bonds. The highest BCUT2D eigenvalue weighted by Crippen LogP contribution is 2.48. The maximum atomic E-state index is 13.5. The predicted molar refractivity (Wildman–Crippen MR) is 156 cm³/mol. The zero-order valence-corrected chi connectivity index (χ0v) is 23.7. The largest absolute Gasteiger partial charge is 0.507 e. The molecule has 0 saturated carbocycles. The van der Waals surface area contributed by atoms with E-state index in [-0.39, 0.29) is 32.7 Å². The Bertz CT molecular complexity index is 1670. The molecule has 1 fully saturated rings. The van der Waals surface area contributed by atoms with Gasteiger partial charge in [-0.3, -0.25) is 19.5 Å². The number of Topliss-reactive ketones (excluding diaryl/α,β-unsaturated/α-hetero) is 1. The maximum absolute atomic E-state index is 13.5. The molecule has 1 aromatic heterocycles. The molecule has 1 unspecified atom stereocenters. The molecule has 10 heteroatoms. The van der Waals surface area contributed by atoms with Gasteiger partial charge in [0.1, 0.15) is 22.3 Å². The topological polar surface area (TPSA) is 98.2 Å². The van der Waals surface area contributed by atoms with Gasteiger partial charge < -0.3 is 19.3 Å². The summed E-state index contributed by atoms with van der Waals surface area (Å²) in [5.41, 5.74) is 1.80. The Morgan fingerprint density at radius 1 is 0.927 bits per heavy atom. The van der Waals surface area contributed by atoms with Crippen molar-refractivity contribution in [2.24, 2.45) is 0 Å². The SMILES string of the molecule is COc1c(Cl)cc(/C(O)=C2\C(=O)C(=O)N(c3ccc(Oc4cccc(C)c4)cc3)C2c2cccnc2)c(OC)c1Cl. The summed E-state index contributed by atoms with van der Waals surface area (Å²) >= 11 is 12.8. The van der Waals surface area contributed by atoms with Gasteiger partial charge in [-0.25, -0.2) is 0 Å². The van der Waals surface area contributed by atoms with Crippen molar-refractivity contribution in [3.05, 3.63) is 111 Å². The number of hydrogen-bond acceptors (Lipinski definition) is 7. The van der Waals surface area contributed by atoms with E-state index in [0.29, 0.717) is 22.7 Å². The first kappa shape index (κ1) is 28.0. The van der Waals surface area contributed by atoms with Gasteiger partial charge in [0.15, 0.2) is 11.5 Å². The second kappa shape index (κ2) is 11.5. The molecule has 8 nitrogen and oxygen atoms in total. The first-order chi connectivity index (χ1) is 19.7. The molecule has 41 heavy (non-hydrogen) atoms. The van der Waals surface area contributed by atoms with Crippen LogP contribution >= 0.6 is 23.2 Å². The minimum atomic E-state index is -1.02. The first-order valence-electron chi connectivity index (χ1n) is 12.4. The lowest BCUT2D eigenvalue weighted by molar-refractivity contribution is -0.132. The number of hydrogen-bond donors (Lipinski definition) is 1. The fourth-order valence-corrected chi connectivity index (χ4v) is 5.42. The van der Waals surface area contributed by atoms with Crippen LogP contribution in [-0.2, 0) is 9.59 Å². The fourth-order valence-electron chi connectivity index (χ4n) is 4.73. The Hall–Kier alpha value is -4.53. The van der Waals surface area contributed by atoms with E-state index in [1.54, 1.807) is 42.6 Å². The second-order valence-electron chi connectivity index (χ2n) is 9.15. The number of carbonyl (C=O) groups excluding carboxylic acids is 2. The standard InChI is InChI=1S/C31H24Cl2N2O6/c1-17-6-4-8-21(14-17)41-20-11-9-19(10-12-20)35-26(18-7-5-13-34-16-18)24(28(37)31(35)38)27(36)22-15-23(32)30(40-3)25(33)29(22)39-2/h4-16,26,36H,1-3H3/b27-24+. The number of anilines is 1. The summed E-state index contributed by atoms with van der Waals surface area (Å²) in [6.07, 6.45) is 3.09. The third-order valence-electron chi connectivity index (χ3n) is 6.58. The maximum Gasteiger partial charge on any atom is 0.300 e. The van der Waals surface area contributed by atoms with Crippen molar-refractivity contribution in [3.8, 4) is 23.0 Å². The average molecular weight is 591 g/mol. The smallest absolute Gasteiger partial charge is 0.300 e. The Labute approximate surface area is 246 Å². The molecule has 3 aromatic carbocycles. The molecule has 2 heterocycles.